The van der Waals surface area contributed by atoms with Gasteiger partial charge in [0.25, 0.3) is 11.7 Å². The van der Waals surface area contributed by atoms with Crippen molar-refractivity contribution in [2.75, 3.05) is 20.3 Å². The zero-order chi connectivity index (χ0) is 19.6. The normalized spacial score (nSPS) is 18.9. The highest BCUT2D eigenvalue weighted by Crippen LogP contribution is 2.39. The van der Waals surface area contributed by atoms with Crippen molar-refractivity contribution in [3.63, 3.8) is 0 Å². The number of aliphatic hydroxyl groups excluding tert-OH is 1. The zero-order valence-electron chi connectivity index (χ0n) is 14.5. The van der Waals surface area contributed by atoms with Gasteiger partial charge in [-0.25, -0.2) is 0 Å². The molecule has 1 fully saturated rings. The molecule has 0 aromatic heterocycles. The lowest BCUT2D eigenvalue weighted by Gasteiger charge is -2.25. The number of nitrogens with zero attached hydrogens (tertiary/aromatic N) is 1. The van der Waals surface area contributed by atoms with Gasteiger partial charge in [-0.3, -0.25) is 9.59 Å². The van der Waals surface area contributed by atoms with Crippen molar-refractivity contribution in [1.82, 2.24) is 4.90 Å². The van der Waals surface area contributed by atoms with Crippen LogP contribution in [0.5, 0.6) is 0 Å². The summed E-state index contributed by atoms with van der Waals surface area (Å²) < 4.78 is 5.92. The maximum absolute atomic E-state index is 12.7. The molecule has 1 atom stereocenters. The second-order valence-corrected chi connectivity index (χ2v) is 7.40. The Hall–Kier alpha value is -2.15. The molecule has 0 bridgehead atoms. The maximum atomic E-state index is 12.7. The lowest BCUT2D eigenvalue weighted by atomic mass is 9.95. The van der Waals surface area contributed by atoms with E-state index >= 15 is 0 Å². The molecule has 0 radical (unpaired) electrons. The fourth-order valence-corrected chi connectivity index (χ4v) is 3.45. The second kappa shape index (κ2) is 8.25. The maximum Gasteiger partial charge on any atom is 0.295 e. The molecule has 5 nitrogen and oxygen atoms in total. The van der Waals surface area contributed by atoms with Crippen LogP contribution < -0.4 is 0 Å². The molecule has 0 saturated carbocycles. The van der Waals surface area contributed by atoms with Gasteiger partial charge in [-0.2, -0.15) is 0 Å². The fourth-order valence-electron chi connectivity index (χ4n) is 3.06. The van der Waals surface area contributed by atoms with Gasteiger partial charge in [0.05, 0.1) is 18.2 Å². The van der Waals surface area contributed by atoms with E-state index in [1.807, 2.05) is 0 Å². The fraction of sp³-hybridized carbons (Fsp3) is 0.200. The van der Waals surface area contributed by atoms with E-state index in [1.165, 1.54) is 12.0 Å². The summed E-state index contributed by atoms with van der Waals surface area (Å²) in [6.07, 6.45) is 0. The number of rotatable bonds is 5. The molecular formula is C20H17BrClNO4. The average Bonchev–Trinajstić information content (AvgIpc) is 2.91. The summed E-state index contributed by atoms with van der Waals surface area (Å²) in [5.41, 5.74) is 1.20. The Kier molecular flexibility index (Phi) is 5.99. The number of hydrogen-bond donors (Lipinski definition) is 1. The van der Waals surface area contributed by atoms with Crippen LogP contribution in [-0.4, -0.2) is 42.0 Å². The Bertz CT molecular complexity index is 893. The minimum Gasteiger partial charge on any atom is -0.507 e. The van der Waals surface area contributed by atoms with Crippen LogP contribution in [-0.2, 0) is 14.3 Å². The third kappa shape index (κ3) is 3.93. The predicted molar refractivity (Wildman–Crippen MR) is 106 cm³/mol. The van der Waals surface area contributed by atoms with Crippen LogP contribution in [0.2, 0.25) is 5.02 Å². The van der Waals surface area contributed by atoms with Gasteiger partial charge in [-0.1, -0.05) is 51.8 Å². The van der Waals surface area contributed by atoms with Crippen LogP contribution in [0.3, 0.4) is 0 Å². The molecule has 0 spiro atoms. The molecule has 2 aromatic carbocycles. The van der Waals surface area contributed by atoms with Crippen molar-refractivity contribution in [3.8, 4) is 0 Å². The van der Waals surface area contributed by atoms with Crippen LogP contribution in [0, 0.1) is 0 Å². The SMILES string of the molecule is COCCN1C(=O)C(=O)/C(=C(\O)c2ccc(Br)cc2)C1c1ccc(Cl)cc1. The molecule has 7 heteroatoms. The molecule has 1 amide bonds. The smallest absolute Gasteiger partial charge is 0.295 e. The largest absolute Gasteiger partial charge is 0.507 e. The topological polar surface area (TPSA) is 66.8 Å². The summed E-state index contributed by atoms with van der Waals surface area (Å²) in [5, 5.41) is 11.4. The molecule has 1 aliphatic rings. The van der Waals surface area contributed by atoms with E-state index in [9.17, 15) is 14.7 Å². The predicted octanol–water partition coefficient (Wildman–Crippen LogP) is 4.17. The number of ether oxygens (including phenoxy) is 1. The highest BCUT2D eigenvalue weighted by atomic mass is 79.9. The van der Waals surface area contributed by atoms with Crippen LogP contribution in [0.15, 0.2) is 58.6 Å². The number of likely N-dealkylation sites (tertiary alicyclic amines) is 1. The first-order valence-electron chi connectivity index (χ1n) is 8.22. The van der Waals surface area contributed by atoms with E-state index in [0.29, 0.717) is 16.1 Å². The Labute approximate surface area is 170 Å². The summed E-state index contributed by atoms with van der Waals surface area (Å²) in [5.74, 6) is -1.59. The number of aliphatic hydroxyl groups is 1. The number of hydrogen-bond acceptors (Lipinski definition) is 4. The van der Waals surface area contributed by atoms with Crippen molar-refractivity contribution in [1.29, 1.82) is 0 Å². The summed E-state index contributed by atoms with van der Waals surface area (Å²) in [6.45, 7) is 0.501. The highest BCUT2D eigenvalue weighted by molar-refractivity contribution is 9.10. The van der Waals surface area contributed by atoms with Crippen LogP contribution in [0.1, 0.15) is 17.2 Å². The molecule has 1 heterocycles. The lowest BCUT2D eigenvalue weighted by Crippen LogP contribution is -2.32. The van der Waals surface area contributed by atoms with E-state index in [4.69, 9.17) is 16.3 Å². The summed E-state index contributed by atoms with van der Waals surface area (Å²) in [6, 6.07) is 13.0. The number of carbonyl (C=O) groups is 2. The molecule has 27 heavy (non-hydrogen) atoms. The average molecular weight is 451 g/mol. The van der Waals surface area contributed by atoms with Crippen molar-refractivity contribution in [2.45, 2.75) is 6.04 Å². The molecule has 0 aliphatic carbocycles. The Balaban J connectivity index is 2.14. The minimum absolute atomic E-state index is 0.0562. The zero-order valence-corrected chi connectivity index (χ0v) is 16.8. The third-order valence-corrected chi connectivity index (χ3v) is 5.16. The van der Waals surface area contributed by atoms with Crippen molar-refractivity contribution < 1.29 is 19.4 Å². The summed E-state index contributed by atoms with van der Waals surface area (Å²) >= 11 is 9.31. The minimum atomic E-state index is -0.716. The summed E-state index contributed by atoms with van der Waals surface area (Å²) in [7, 11) is 1.52. The third-order valence-electron chi connectivity index (χ3n) is 4.38. The van der Waals surface area contributed by atoms with Gasteiger partial charge in [0.2, 0.25) is 0 Å². The van der Waals surface area contributed by atoms with Gasteiger partial charge >= 0.3 is 0 Å². The Morgan fingerprint density at radius 1 is 1.15 bits per heavy atom. The van der Waals surface area contributed by atoms with E-state index in [2.05, 4.69) is 15.9 Å². The highest BCUT2D eigenvalue weighted by Gasteiger charge is 2.45. The van der Waals surface area contributed by atoms with E-state index < -0.39 is 17.7 Å². The first-order valence-corrected chi connectivity index (χ1v) is 9.40. The molecule has 140 valence electrons. The first-order chi connectivity index (χ1) is 12.9. The molecule has 1 aliphatic heterocycles. The number of halogens is 2. The number of Topliss-reactive ketones (excluding diaryl/α,β-unsaturated/α-hetero) is 1. The molecule has 2 aromatic rings. The molecule has 1 saturated heterocycles. The van der Waals surface area contributed by atoms with Gasteiger partial charge in [0, 0.05) is 28.7 Å². The molecule has 1 N–H and O–H groups in total. The van der Waals surface area contributed by atoms with Gasteiger partial charge in [-0.15, -0.1) is 0 Å². The molecule has 3 rings (SSSR count). The lowest BCUT2D eigenvalue weighted by molar-refractivity contribution is -0.140. The standard InChI is InChI=1S/C20H17BrClNO4/c1-27-11-10-23-17(12-4-8-15(22)9-5-12)16(19(25)20(23)26)18(24)13-2-6-14(21)7-3-13/h2-9,17,24H,10-11H2,1H3/b18-16-. The Morgan fingerprint density at radius 3 is 2.37 bits per heavy atom. The van der Waals surface area contributed by atoms with Gasteiger partial charge in [-0.05, 0) is 29.8 Å². The van der Waals surface area contributed by atoms with Gasteiger partial charge in [0.1, 0.15) is 5.76 Å². The van der Waals surface area contributed by atoms with Crippen LogP contribution in [0.4, 0.5) is 0 Å². The monoisotopic (exact) mass is 449 g/mol. The van der Waals surface area contributed by atoms with Crippen LogP contribution >= 0.6 is 27.5 Å². The van der Waals surface area contributed by atoms with Crippen molar-refractivity contribution in [3.05, 3.63) is 74.7 Å². The number of amides is 1. The van der Waals surface area contributed by atoms with E-state index in [0.717, 1.165) is 4.47 Å². The first kappa shape index (κ1) is 19.6. The van der Waals surface area contributed by atoms with E-state index in [1.54, 1.807) is 48.5 Å². The number of methoxy groups -OCH3 is 1. The Morgan fingerprint density at radius 2 is 1.78 bits per heavy atom. The van der Waals surface area contributed by atoms with Gasteiger partial charge in [0.15, 0.2) is 0 Å². The van der Waals surface area contributed by atoms with Crippen molar-refractivity contribution >= 4 is 45.0 Å². The second-order valence-electron chi connectivity index (χ2n) is 6.04. The summed E-state index contributed by atoms with van der Waals surface area (Å²) in [4.78, 5) is 26.7. The van der Waals surface area contributed by atoms with Crippen LogP contribution in [0.25, 0.3) is 5.76 Å². The quantitative estimate of drug-likeness (QED) is 0.422. The van der Waals surface area contributed by atoms with Crippen molar-refractivity contribution in [2.24, 2.45) is 0 Å². The van der Waals surface area contributed by atoms with E-state index in [-0.39, 0.29) is 24.5 Å². The molecule has 1 unspecified atom stereocenters. The number of benzene rings is 2. The number of carbonyl (C=O) groups excluding carboxylic acids is 2. The number of ketones is 1. The molecular weight excluding hydrogens is 434 g/mol. The van der Waals surface area contributed by atoms with Gasteiger partial charge < -0.3 is 14.7 Å².